The summed E-state index contributed by atoms with van der Waals surface area (Å²) in [6, 6.07) is 7.80. The van der Waals surface area contributed by atoms with Crippen LogP contribution in [0.1, 0.15) is 12.0 Å². The smallest absolute Gasteiger partial charge is 0.234 e. The van der Waals surface area contributed by atoms with E-state index in [1.54, 1.807) is 11.0 Å². The van der Waals surface area contributed by atoms with Crippen molar-refractivity contribution in [2.45, 2.75) is 13.3 Å². The van der Waals surface area contributed by atoms with Crippen LogP contribution in [0, 0.1) is 12.8 Å². The number of carbonyl (C=O) groups excluding carboxylic acids is 3. The fraction of sp³-hybridized carbons (Fsp3) is 0.476. The molecule has 1 unspecified atom stereocenters. The van der Waals surface area contributed by atoms with Crippen molar-refractivity contribution in [2.24, 2.45) is 5.92 Å². The third kappa shape index (κ3) is 4.78. The minimum absolute atomic E-state index is 0.000251. The van der Waals surface area contributed by atoms with Gasteiger partial charge in [-0.05, 0) is 19.1 Å². The van der Waals surface area contributed by atoms with Gasteiger partial charge in [-0.3, -0.25) is 19.3 Å². The Hall–Kier alpha value is -2.67. The molecule has 0 saturated carbocycles. The summed E-state index contributed by atoms with van der Waals surface area (Å²) in [6.45, 7) is 9.31. The average Bonchev–Trinajstić information content (AvgIpc) is 3.08. The summed E-state index contributed by atoms with van der Waals surface area (Å²) in [5, 5.41) is 2.76. The van der Waals surface area contributed by atoms with Crippen molar-refractivity contribution >= 4 is 23.4 Å². The normalized spacial score (nSPS) is 20.3. The maximum Gasteiger partial charge on any atom is 0.234 e. The summed E-state index contributed by atoms with van der Waals surface area (Å²) < 4.78 is 0. The van der Waals surface area contributed by atoms with Crippen LogP contribution in [0.5, 0.6) is 0 Å². The Balaban J connectivity index is 1.50. The monoisotopic (exact) mass is 384 g/mol. The minimum Gasteiger partial charge on any atom is -0.352 e. The first-order chi connectivity index (χ1) is 13.5. The van der Waals surface area contributed by atoms with E-state index < -0.39 is 0 Å². The van der Waals surface area contributed by atoms with Crippen molar-refractivity contribution in [2.75, 3.05) is 50.7 Å². The second kappa shape index (κ2) is 9.01. The molecule has 2 aliphatic rings. The van der Waals surface area contributed by atoms with Crippen LogP contribution in [0.15, 0.2) is 36.9 Å². The molecule has 0 radical (unpaired) electrons. The van der Waals surface area contributed by atoms with Crippen molar-refractivity contribution in [1.82, 2.24) is 15.1 Å². The van der Waals surface area contributed by atoms with Crippen LogP contribution in [-0.2, 0) is 14.4 Å². The Labute approximate surface area is 166 Å². The highest BCUT2D eigenvalue weighted by Crippen LogP contribution is 2.26. The number of rotatable bonds is 6. The molecule has 2 saturated heterocycles. The zero-order valence-electron chi connectivity index (χ0n) is 16.4. The van der Waals surface area contributed by atoms with Gasteiger partial charge >= 0.3 is 0 Å². The molecule has 1 aromatic carbocycles. The average molecular weight is 384 g/mol. The van der Waals surface area contributed by atoms with Gasteiger partial charge in [-0.2, -0.15) is 0 Å². The molecule has 3 rings (SSSR count). The summed E-state index contributed by atoms with van der Waals surface area (Å²) in [4.78, 5) is 42.7. The maximum atomic E-state index is 12.9. The van der Waals surface area contributed by atoms with E-state index in [0.717, 1.165) is 11.3 Å². The Morgan fingerprint density at radius 2 is 1.86 bits per heavy atom. The van der Waals surface area contributed by atoms with Gasteiger partial charge in [0.1, 0.15) is 0 Å². The first-order valence-electron chi connectivity index (χ1n) is 9.73. The van der Waals surface area contributed by atoms with Crippen molar-refractivity contribution < 1.29 is 14.4 Å². The number of hydrogen-bond acceptors (Lipinski definition) is 4. The quantitative estimate of drug-likeness (QED) is 0.736. The molecule has 2 aliphatic heterocycles. The minimum atomic E-state index is -0.295. The van der Waals surface area contributed by atoms with Crippen molar-refractivity contribution in [3.63, 3.8) is 0 Å². The molecule has 3 amide bonds. The Kier molecular flexibility index (Phi) is 6.46. The number of amides is 3. The number of aryl methyl sites for hydroxylation is 1. The first kappa shape index (κ1) is 20.1. The standard InChI is InChI=1S/C21H28N4O3/c1-3-8-22-19(26)15-23-9-11-24(12-10-23)21(28)17-13-20(27)25(14-17)18-6-4-16(2)5-7-18/h3-7,17H,1,8-15H2,2H3,(H,22,26). The molecule has 0 aromatic heterocycles. The van der Waals surface area contributed by atoms with Gasteiger partial charge in [-0.1, -0.05) is 23.8 Å². The van der Waals surface area contributed by atoms with E-state index >= 15 is 0 Å². The van der Waals surface area contributed by atoms with E-state index in [0.29, 0.717) is 45.8 Å². The van der Waals surface area contributed by atoms with Gasteiger partial charge < -0.3 is 15.1 Å². The van der Waals surface area contributed by atoms with Crippen LogP contribution in [0.25, 0.3) is 0 Å². The number of anilines is 1. The molecule has 1 aromatic rings. The van der Waals surface area contributed by atoms with Crippen molar-refractivity contribution in [3.05, 3.63) is 42.5 Å². The molecule has 1 atom stereocenters. The van der Waals surface area contributed by atoms with E-state index in [-0.39, 0.29) is 30.1 Å². The predicted molar refractivity (Wildman–Crippen MR) is 108 cm³/mol. The lowest BCUT2D eigenvalue weighted by Crippen LogP contribution is -2.52. The summed E-state index contributed by atoms with van der Waals surface area (Å²) in [5.41, 5.74) is 1.99. The van der Waals surface area contributed by atoms with E-state index in [4.69, 9.17) is 0 Å². The molecular weight excluding hydrogens is 356 g/mol. The highest BCUT2D eigenvalue weighted by molar-refractivity contribution is 6.00. The van der Waals surface area contributed by atoms with Crippen LogP contribution in [0.2, 0.25) is 0 Å². The Bertz CT molecular complexity index is 739. The topological polar surface area (TPSA) is 73.0 Å². The van der Waals surface area contributed by atoms with Gasteiger partial charge in [0, 0.05) is 51.4 Å². The molecule has 2 heterocycles. The van der Waals surface area contributed by atoms with E-state index in [1.165, 1.54) is 0 Å². The molecule has 1 N–H and O–H groups in total. The second-order valence-corrected chi connectivity index (χ2v) is 7.44. The van der Waals surface area contributed by atoms with Crippen LogP contribution in [0.3, 0.4) is 0 Å². The maximum absolute atomic E-state index is 12.9. The molecule has 28 heavy (non-hydrogen) atoms. The number of nitrogens with zero attached hydrogens (tertiary/aromatic N) is 3. The van der Waals surface area contributed by atoms with Crippen LogP contribution < -0.4 is 10.2 Å². The fourth-order valence-electron chi connectivity index (χ4n) is 3.68. The number of nitrogens with one attached hydrogen (secondary N) is 1. The SMILES string of the molecule is C=CCNC(=O)CN1CCN(C(=O)C2CC(=O)N(c3ccc(C)cc3)C2)CC1. The van der Waals surface area contributed by atoms with Gasteiger partial charge in [-0.25, -0.2) is 0 Å². The zero-order chi connectivity index (χ0) is 20.1. The molecule has 0 bridgehead atoms. The molecule has 2 fully saturated rings. The highest BCUT2D eigenvalue weighted by atomic mass is 16.2. The third-order valence-electron chi connectivity index (χ3n) is 5.31. The van der Waals surface area contributed by atoms with Crippen molar-refractivity contribution in [3.8, 4) is 0 Å². The number of benzene rings is 1. The largest absolute Gasteiger partial charge is 0.352 e. The lowest BCUT2D eigenvalue weighted by atomic mass is 10.1. The van der Waals surface area contributed by atoms with Crippen molar-refractivity contribution in [1.29, 1.82) is 0 Å². The number of piperazine rings is 1. The lowest BCUT2D eigenvalue weighted by molar-refractivity contribution is -0.137. The summed E-state index contributed by atoms with van der Waals surface area (Å²) >= 11 is 0. The zero-order valence-corrected chi connectivity index (χ0v) is 16.4. The van der Waals surface area contributed by atoms with Gasteiger partial charge in [0.05, 0.1) is 12.5 Å². The lowest BCUT2D eigenvalue weighted by Gasteiger charge is -2.35. The van der Waals surface area contributed by atoms with Gasteiger partial charge in [0.2, 0.25) is 17.7 Å². The fourth-order valence-corrected chi connectivity index (χ4v) is 3.68. The van der Waals surface area contributed by atoms with Crippen LogP contribution in [-0.4, -0.2) is 73.3 Å². The second-order valence-electron chi connectivity index (χ2n) is 7.44. The predicted octanol–water partition coefficient (Wildman–Crippen LogP) is 0.794. The summed E-state index contributed by atoms with van der Waals surface area (Å²) in [5.74, 6) is -0.288. The molecule has 0 spiro atoms. The van der Waals surface area contributed by atoms with Gasteiger partial charge in [0.25, 0.3) is 0 Å². The van der Waals surface area contributed by atoms with E-state index in [1.807, 2.05) is 41.0 Å². The first-order valence-corrected chi connectivity index (χ1v) is 9.73. The molecule has 0 aliphatic carbocycles. The van der Waals surface area contributed by atoms with Gasteiger partial charge in [0.15, 0.2) is 0 Å². The number of carbonyl (C=O) groups is 3. The molecular formula is C21H28N4O3. The summed E-state index contributed by atoms with van der Waals surface area (Å²) in [6.07, 6.45) is 1.91. The van der Waals surface area contributed by atoms with E-state index in [2.05, 4.69) is 11.9 Å². The molecule has 7 nitrogen and oxygen atoms in total. The third-order valence-corrected chi connectivity index (χ3v) is 5.31. The van der Waals surface area contributed by atoms with Crippen LogP contribution in [0.4, 0.5) is 5.69 Å². The van der Waals surface area contributed by atoms with E-state index in [9.17, 15) is 14.4 Å². The summed E-state index contributed by atoms with van der Waals surface area (Å²) in [7, 11) is 0. The molecule has 7 heteroatoms. The highest BCUT2D eigenvalue weighted by Gasteiger charge is 2.37. The Morgan fingerprint density at radius 3 is 2.50 bits per heavy atom. The van der Waals surface area contributed by atoms with Gasteiger partial charge in [-0.15, -0.1) is 6.58 Å². The molecule has 150 valence electrons. The Morgan fingerprint density at radius 1 is 1.18 bits per heavy atom. The number of hydrogen-bond donors (Lipinski definition) is 1. The van der Waals surface area contributed by atoms with Crippen LogP contribution >= 0.6 is 0 Å².